The average molecular weight is 345 g/mol. The summed E-state index contributed by atoms with van der Waals surface area (Å²) >= 11 is 0. The number of nitrogens with zero attached hydrogens (tertiary/aromatic N) is 1. The Kier molecular flexibility index (Phi) is 4.03. The fraction of sp³-hybridized carbons (Fsp3) is 0.304. The molecular weight excluding hydrogens is 322 g/mol. The van der Waals surface area contributed by atoms with Gasteiger partial charge in [0.05, 0.1) is 6.61 Å². The lowest BCUT2D eigenvalue weighted by molar-refractivity contribution is -0.135. The molecule has 3 nitrogen and oxygen atoms in total. The number of esters is 1. The number of ether oxygens (including phenoxy) is 1. The van der Waals surface area contributed by atoms with Gasteiger partial charge in [-0.05, 0) is 43.9 Å². The fourth-order valence-electron chi connectivity index (χ4n) is 4.35. The molecule has 0 radical (unpaired) electrons. The Hall–Kier alpha value is -2.68. The Bertz CT molecular complexity index is 837. The molecule has 1 saturated carbocycles. The summed E-state index contributed by atoms with van der Waals surface area (Å²) in [5.41, 5.74) is 3.22. The molecule has 1 spiro atoms. The summed E-state index contributed by atoms with van der Waals surface area (Å²) in [6.45, 7) is 4.29. The average Bonchev–Trinajstić information content (AvgIpc) is 3.48. The van der Waals surface area contributed by atoms with Crippen LogP contribution < -0.4 is 0 Å². The maximum absolute atomic E-state index is 12.5. The highest BCUT2D eigenvalue weighted by molar-refractivity contribution is 6.41. The van der Waals surface area contributed by atoms with Crippen molar-refractivity contribution in [2.75, 3.05) is 6.61 Å². The first-order valence-corrected chi connectivity index (χ1v) is 9.21. The molecule has 0 unspecified atom stereocenters. The molecule has 1 aliphatic heterocycles. The van der Waals surface area contributed by atoms with Crippen molar-refractivity contribution in [2.45, 2.75) is 32.2 Å². The molecule has 0 N–H and O–H groups in total. The first-order valence-electron chi connectivity index (χ1n) is 9.21. The quantitative estimate of drug-likeness (QED) is 0.755. The Labute approximate surface area is 154 Å². The van der Waals surface area contributed by atoms with E-state index >= 15 is 0 Å². The van der Waals surface area contributed by atoms with E-state index in [0.717, 1.165) is 24.0 Å². The first kappa shape index (κ1) is 16.8. The molecule has 1 fully saturated rings. The molecule has 1 aliphatic carbocycles. The Balaban J connectivity index is 2.00. The van der Waals surface area contributed by atoms with Crippen LogP contribution in [0.5, 0.6) is 0 Å². The van der Waals surface area contributed by atoms with E-state index in [4.69, 9.17) is 9.73 Å². The molecule has 0 saturated heterocycles. The third-order valence-electron chi connectivity index (χ3n) is 5.71. The molecule has 2 aromatic rings. The summed E-state index contributed by atoms with van der Waals surface area (Å²) in [5.74, 6) is -0.349. The zero-order chi connectivity index (χ0) is 18.2. The van der Waals surface area contributed by atoms with Crippen LogP contribution in [0.2, 0.25) is 0 Å². The second-order valence-electron chi connectivity index (χ2n) is 7.07. The summed E-state index contributed by atoms with van der Waals surface area (Å²) in [6, 6.07) is 20.7. The number of carbonyl (C=O) groups is 1. The summed E-state index contributed by atoms with van der Waals surface area (Å²) in [6.07, 6.45) is 4.06. The Morgan fingerprint density at radius 2 is 1.54 bits per heavy atom. The van der Waals surface area contributed by atoms with Crippen molar-refractivity contribution in [3.63, 3.8) is 0 Å². The van der Waals surface area contributed by atoms with E-state index < -0.39 is 5.54 Å². The van der Waals surface area contributed by atoms with Gasteiger partial charge in [0, 0.05) is 5.41 Å². The van der Waals surface area contributed by atoms with Crippen LogP contribution in [0.4, 0.5) is 0 Å². The number of benzene rings is 2. The molecule has 0 aromatic heterocycles. The number of rotatable bonds is 4. The lowest BCUT2D eigenvalue weighted by Crippen LogP contribution is -2.42. The van der Waals surface area contributed by atoms with Crippen LogP contribution in [0.3, 0.4) is 0 Å². The minimum absolute atomic E-state index is 0.0638. The molecule has 0 amide bonds. The lowest BCUT2D eigenvalue weighted by Gasteiger charge is -2.42. The number of carbonyl (C=O) groups excluding carboxylic acids is 1. The van der Waals surface area contributed by atoms with Crippen LogP contribution in [0.1, 0.15) is 37.8 Å². The SMILES string of the molecule is CCOC(=O)C1=NC(c2ccccc2)(c2ccccc2)C2(CC2)C(C)=C1. The summed E-state index contributed by atoms with van der Waals surface area (Å²) in [4.78, 5) is 17.6. The van der Waals surface area contributed by atoms with Crippen molar-refractivity contribution in [2.24, 2.45) is 10.4 Å². The fourth-order valence-corrected chi connectivity index (χ4v) is 4.35. The van der Waals surface area contributed by atoms with E-state index in [9.17, 15) is 4.79 Å². The van der Waals surface area contributed by atoms with E-state index in [-0.39, 0.29) is 11.4 Å². The molecule has 2 aromatic carbocycles. The first-order chi connectivity index (χ1) is 12.6. The predicted octanol–water partition coefficient (Wildman–Crippen LogP) is 4.67. The van der Waals surface area contributed by atoms with Gasteiger partial charge < -0.3 is 4.74 Å². The maximum Gasteiger partial charge on any atom is 0.356 e. The van der Waals surface area contributed by atoms with Gasteiger partial charge in [-0.25, -0.2) is 4.79 Å². The minimum Gasteiger partial charge on any atom is -0.461 e. The van der Waals surface area contributed by atoms with Crippen LogP contribution in [0, 0.1) is 5.41 Å². The molecule has 2 aliphatic rings. The van der Waals surface area contributed by atoms with E-state index in [0.29, 0.717) is 12.3 Å². The lowest BCUT2D eigenvalue weighted by atomic mass is 9.66. The summed E-state index contributed by atoms with van der Waals surface area (Å²) in [7, 11) is 0. The van der Waals surface area contributed by atoms with E-state index in [1.807, 2.05) is 49.4 Å². The molecule has 4 rings (SSSR count). The summed E-state index contributed by atoms with van der Waals surface area (Å²) in [5, 5.41) is 0. The molecular formula is C23H23NO2. The number of hydrogen-bond donors (Lipinski definition) is 0. The highest BCUT2D eigenvalue weighted by Gasteiger charge is 2.63. The second-order valence-corrected chi connectivity index (χ2v) is 7.07. The third-order valence-corrected chi connectivity index (χ3v) is 5.71. The van der Waals surface area contributed by atoms with Crippen molar-refractivity contribution in [1.82, 2.24) is 0 Å². The number of hydrogen-bond acceptors (Lipinski definition) is 3. The topological polar surface area (TPSA) is 38.7 Å². The minimum atomic E-state index is -0.587. The largest absolute Gasteiger partial charge is 0.461 e. The van der Waals surface area contributed by atoms with Gasteiger partial charge in [-0.1, -0.05) is 66.2 Å². The van der Waals surface area contributed by atoms with Crippen molar-refractivity contribution in [3.8, 4) is 0 Å². The predicted molar refractivity (Wildman–Crippen MR) is 103 cm³/mol. The highest BCUT2D eigenvalue weighted by atomic mass is 16.5. The van der Waals surface area contributed by atoms with Crippen molar-refractivity contribution in [1.29, 1.82) is 0 Å². The number of dihydropyridines is 1. The van der Waals surface area contributed by atoms with Crippen molar-refractivity contribution in [3.05, 3.63) is 83.4 Å². The standard InChI is InChI=1S/C23H23NO2/c1-3-26-21(25)20-16-17(2)22(14-15-22)23(24-20,18-10-6-4-7-11-18)19-12-8-5-9-13-19/h4-13,16H,3,14-15H2,1-2H3. The van der Waals surface area contributed by atoms with Gasteiger partial charge in [-0.15, -0.1) is 0 Å². The van der Waals surface area contributed by atoms with Crippen LogP contribution in [0.15, 0.2) is 77.3 Å². The smallest absolute Gasteiger partial charge is 0.356 e. The van der Waals surface area contributed by atoms with E-state index in [1.165, 1.54) is 5.57 Å². The normalized spacial score (nSPS) is 19.5. The van der Waals surface area contributed by atoms with E-state index in [2.05, 4.69) is 31.2 Å². The molecule has 26 heavy (non-hydrogen) atoms. The highest BCUT2D eigenvalue weighted by Crippen LogP contribution is 2.68. The molecule has 3 heteroatoms. The Morgan fingerprint density at radius 1 is 1.00 bits per heavy atom. The van der Waals surface area contributed by atoms with Crippen molar-refractivity contribution < 1.29 is 9.53 Å². The molecule has 0 atom stereocenters. The molecule has 0 bridgehead atoms. The van der Waals surface area contributed by atoms with E-state index in [1.54, 1.807) is 0 Å². The zero-order valence-corrected chi connectivity index (χ0v) is 15.2. The van der Waals surface area contributed by atoms with Crippen LogP contribution in [-0.2, 0) is 15.1 Å². The van der Waals surface area contributed by atoms with Gasteiger partial charge in [0.1, 0.15) is 11.3 Å². The van der Waals surface area contributed by atoms with Crippen molar-refractivity contribution >= 4 is 11.7 Å². The maximum atomic E-state index is 12.5. The van der Waals surface area contributed by atoms with Gasteiger partial charge in [-0.3, -0.25) is 4.99 Å². The summed E-state index contributed by atoms with van der Waals surface area (Å²) < 4.78 is 5.27. The zero-order valence-electron chi connectivity index (χ0n) is 15.2. The van der Waals surface area contributed by atoms with Gasteiger partial charge >= 0.3 is 5.97 Å². The van der Waals surface area contributed by atoms with Gasteiger partial charge in [0.25, 0.3) is 0 Å². The Morgan fingerprint density at radius 3 is 2.00 bits per heavy atom. The van der Waals surface area contributed by atoms with Gasteiger partial charge in [0.15, 0.2) is 0 Å². The van der Waals surface area contributed by atoms with Crippen LogP contribution in [0.25, 0.3) is 0 Å². The molecule has 132 valence electrons. The van der Waals surface area contributed by atoms with Gasteiger partial charge in [-0.2, -0.15) is 0 Å². The van der Waals surface area contributed by atoms with Crippen LogP contribution in [-0.4, -0.2) is 18.3 Å². The molecule has 1 heterocycles. The van der Waals surface area contributed by atoms with Crippen LogP contribution >= 0.6 is 0 Å². The second kappa shape index (κ2) is 6.24. The third kappa shape index (κ3) is 2.34. The number of aliphatic imine (C=N–C) groups is 1. The van der Waals surface area contributed by atoms with Gasteiger partial charge in [0.2, 0.25) is 0 Å². The monoisotopic (exact) mass is 345 g/mol.